The van der Waals surface area contributed by atoms with Crippen molar-refractivity contribution in [2.24, 2.45) is 0 Å². The van der Waals surface area contributed by atoms with E-state index in [1.807, 2.05) is 13.0 Å². The molecule has 0 saturated carbocycles. The Morgan fingerprint density at radius 2 is 1.88 bits per heavy atom. The molecule has 4 aromatic rings. The van der Waals surface area contributed by atoms with Gasteiger partial charge in [-0.1, -0.05) is 43.7 Å². The number of hydroxylamine groups is 2. The number of unbranched alkanes of at least 4 members (excludes halogenated alkanes) is 1. The average molecular weight is 573 g/mol. The molecule has 0 spiro atoms. The van der Waals surface area contributed by atoms with Crippen molar-refractivity contribution in [3.63, 3.8) is 0 Å². The number of carbonyl (C=O) groups is 3. The van der Waals surface area contributed by atoms with Crippen molar-refractivity contribution < 1.29 is 34.2 Å². The van der Waals surface area contributed by atoms with Crippen LogP contribution in [0.5, 0.6) is 0 Å². The number of ether oxygens (including phenoxy) is 1. The number of rotatable bonds is 9. The van der Waals surface area contributed by atoms with Crippen LogP contribution >= 0.6 is 0 Å². The van der Waals surface area contributed by atoms with Gasteiger partial charge in [-0.15, -0.1) is 5.06 Å². The Labute approximate surface area is 239 Å². The van der Waals surface area contributed by atoms with Crippen molar-refractivity contribution in [2.75, 3.05) is 11.9 Å². The summed E-state index contributed by atoms with van der Waals surface area (Å²) < 4.78 is 7.33. The summed E-state index contributed by atoms with van der Waals surface area (Å²) in [5.74, 6) is -1.53. The molecule has 13 nitrogen and oxygen atoms in total. The van der Waals surface area contributed by atoms with Crippen LogP contribution in [0, 0.1) is 0 Å². The molecule has 2 aromatic heterocycles. The van der Waals surface area contributed by atoms with E-state index in [9.17, 15) is 24.6 Å². The minimum absolute atomic E-state index is 0.150. The first kappa shape index (κ1) is 27.6. The molecular weight excluding hydrogens is 544 g/mol. The Hall–Kier alpha value is -4.56. The van der Waals surface area contributed by atoms with E-state index >= 15 is 0 Å². The molecule has 3 amide bonds. The van der Waals surface area contributed by atoms with Gasteiger partial charge in [0, 0.05) is 5.56 Å². The van der Waals surface area contributed by atoms with E-state index in [0.717, 1.165) is 18.4 Å². The molecule has 0 bridgehead atoms. The highest BCUT2D eigenvalue weighted by atomic mass is 16.7. The largest absolute Gasteiger partial charge is 0.394 e. The maximum atomic E-state index is 13.3. The lowest BCUT2D eigenvalue weighted by Gasteiger charge is -2.23. The second-order valence-electron chi connectivity index (χ2n) is 10.0. The third kappa shape index (κ3) is 4.71. The summed E-state index contributed by atoms with van der Waals surface area (Å²) in [5.41, 5.74) is 2.15. The first-order valence-corrected chi connectivity index (χ1v) is 13.6. The van der Waals surface area contributed by atoms with Gasteiger partial charge in [-0.3, -0.25) is 23.8 Å². The number of fused-ring (bicyclic) bond motifs is 2. The van der Waals surface area contributed by atoms with E-state index in [4.69, 9.17) is 9.57 Å². The Kier molecular flexibility index (Phi) is 7.47. The Balaban J connectivity index is 1.24. The van der Waals surface area contributed by atoms with Gasteiger partial charge in [-0.25, -0.2) is 15.0 Å². The summed E-state index contributed by atoms with van der Waals surface area (Å²) in [5, 5.41) is 24.7. The van der Waals surface area contributed by atoms with Crippen LogP contribution in [0.2, 0.25) is 0 Å². The zero-order valence-electron chi connectivity index (χ0n) is 22.6. The summed E-state index contributed by atoms with van der Waals surface area (Å²) >= 11 is 0. The molecule has 3 N–H and O–H groups in total. The number of nitrogens with one attached hydrogen (secondary N) is 1. The normalized spacial score (nSPS) is 21.7. The summed E-state index contributed by atoms with van der Waals surface area (Å²) in [6.07, 6.45) is 0.0174. The van der Waals surface area contributed by atoms with Crippen LogP contribution in [0.4, 0.5) is 5.82 Å². The van der Waals surface area contributed by atoms with Crippen molar-refractivity contribution in [3.8, 4) is 0 Å². The number of amides is 3. The average Bonchev–Trinajstić information content (AvgIpc) is 3.65. The molecule has 2 aliphatic heterocycles. The number of imide groups is 1. The van der Waals surface area contributed by atoms with E-state index in [0.29, 0.717) is 17.0 Å². The zero-order valence-corrected chi connectivity index (χ0v) is 22.6. The van der Waals surface area contributed by atoms with E-state index in [1.54, 1.807) is 42.5 Å². The fraction of sp³-hybridized carbons (Fsp3) is 0.310. The van der Waals surface area contributed by atoms with Gasteiger partial charge in [0.15, 0.2) is 23.2 Å². The first-order chi connectivity index (χ1) is 20.4. The molecule has 42 heavy (non-hydrogen) atoms. The number of anilines is 1. The first-order valence-electron chi connectivity index (χ1n) is 13.6. The highest BCUT2D eigenvalue weighted by Gasteiger charge is 2.50. The van der Waals surface area contributed by atoms with Gasteiger partial charge in [0.05, 0.1) is 24.1 Å². The molecule has 13 heteroatoms. The van der Waals surface area contributed by atoms with Crippen LogP contribution in [-0.4, -0.2) is 77.4 Å². The van der Waals surface area contributed by atoms with Gasteiger partial charge < -0.3 is 20.3 Å². The third-order valence-electron chi connectivity index (χ3n) is 7.38. The van der Waals surface area contributed by atoms with Crippen LogP contribution < -0.4 is 5.32 Å². The highest BCUT2D eigenvalue weighted by molar-refractivity contribution is 6.21. The lowest BCUT2D eigenvalue weighted by molar-refractivity contribution is -0.170. The van der Waals surface area contributed by atoms with Gasteiger partial charge in [-0.05, 0) is 36.6 Å². The lowest BCUT2D eigenvalue weighted by atomic mass is 9.98. The van der Waals surface area contributed by atoms with Crippen LogP contribution in [0.3, 0.4) is 0 Å². The number of aliphatic hydroxyl groups is 2. The highest BCUT2D eigenvalue weighted by Crippen LogP contribution is 2.36. The van der Waals surface area contributed by atoms with E-state index < -0.39 is 48.9 Å². The molecule has 6 rings (SSSR count). The van der Waals surface area contributed by atoms with Crippen LogP contribution in [-0.2, 0) is 16.0 Å². The number of hydrogen-bond donors (Lipinski definition) is 3. The number of aryl methyl sites for hydroxylation is 1. The molecule has 1 fully saturated rings. The number of nitrogens with zero attached hydrogens (tertiary/aromatic N) is 5. The molecule has 4 heterocycles. The minimum atomic E-state index is -1.44. The van der Waals surface area contributed by atoms with Crippen LogP contribution in [0.1, 0.15) is 62.6 Å². The van der Waals surface area contributed by atoms with Crippen molar-refractivity contribution in [3.05, 3.63) is 83.4 Å². The van der Waals surface area contributed by atoms with Crippen molar-refractivity contribution in [1.29, 1.82) is 0 Å². The van der Waals surface area contributed by atoms with Gasteiger partial charge in [0.1, 0.15) is 24.6 Å². The molecular formula is C29H28N6O7. The topological polar surface area (TPSA) is 169 Å². The molecule has 0 aliphatic carbocycles. The smallest absolute Gasteiger partial charge is 0.286 e. The van der Waals surface area contributed by atoms with Crippen molar-refractivity contribution >= 4 is 34.7 Å². The minimum Gasteiger partial charge on any atom is -0.394 e. The Morgan fingerprint density at radius 3 is 2.64 bits per heavy atom. The Morgan fingerprint density at radius 1 is 1.07 bits per heavy atom. The number of carbonyl (C=O) groups excluding carboxylic acids is 3. The van der Waals surface area contributed by atoms with Gasteiger partial charge in [-0.2, -0.15) is 0 Å². The van der Waals surface area contributed by atoms with Gasteiger partial charge in [0.25, 0.3) is 17.7 Å². The Bertz CT molecular complexity index is 1660. The van der Waals surface area contributed by atoms with E-state index in [2.05, 4.69) is 20.3 Å². The monoisotopic (exact) mass is 572 g/mol. The molecule has 2 aromatic carbocycles. The summed E-state index contributed by atoms with van der Waals surface area (Å²) in [4.78, 5) is 57.7. The standard InChI is InChI=1S/C29H28N6O7/c1-2-3-8-16-11-7-12-18-20(16)28(40)35(27(18)39)42-23-19(13-36)41-29(22(23)37)34-15-32-21-24(30-14-31-25(21)34)33-26(38)17-9-5-4-6-10-17/h4-7,9-12,14-15,19,22-23,29,36-37H,2-3,8,13H2,1H3,(H,30,31,33,38)/t19-,22-,23-,29-/m1/s1. The SMILES string of the molecule is CCCCc1cccc2c1C(=O)N(O[C@H]1[C@@H](O)[C@H](n3cnc4c(NC(=O)c5ccccc5)ncnc43)O[C@@H]1CO)C2=O. The summed E-state index contributed by atoms with van der Waals surface area (Å²) in [6.45, 7) is 1.47. The molecule has 0 radical (unpaired) electrons. The van der Waals surface area contributed by atoms with E-state index in [-0.39, 0.29) is 28.1 Å². The van der Waals surface area contributed by atoms with Gasteiger partial charge in [0.2, 0.25) is 0 Å². The maximum absolute atomic E-state index is 13.3. The predicted molar refractivity (Wildman–Crippen MR) is 147 cm³/mol. The van der Waals surface area contributed by atoms with Gasteiger partial charge >= 0.3 is 0 Å². The molecule has 216 valence electrons. The number of aliphatic hydroxyl groups excluding tert-OH is 2. The molecule has 4 atom stereocenters. The second kappa shape index (κ2) is 11.4. The van der Waals surface area contributed by atoms with Crippen LogP contribution in [0.15, 0.2) is 61.2 Å². The maximum Gasteiger partial charge on any atom is 0.286 e. The van der Waals surface area contributed by atoms with Crippen LogP contribution in [0.25, 0.3) is 11.2 Å². The second-order valence-corrected chi connectivity index (χ2v) is 10.0. The van der Waals surface area contributed by atoms with E-state index in [1.165, 1.54) is 17.2 Å². The number of benzene rings is 2. The fourth-order valence-corrected chi connectivity index (χ4v) is 5.25. The summed E-state index contributed by atoms with van der Waals surface area (Å²) in [6, 6.07) is 13.7. The summed E-state index contributed by atoms with van der Waals surface area (Å²) in [7, 11) is 0. The van der Waals surface area contributed by atoms with Crippen molar-refractivity contribution in [1.82, 2.24) is 24.6 Å². The molecule has 0 unspecified atom stereocenters. The predicted octanol–water partition coefficient (Wildman–Crippen LogP) is 2.27. The quantitative estimate of drug-likeness (QED) is 0.253. The third-order valence-corrected chi connectivity index (χ3v) is 7.38. The molecule has 1 saturated heterocycles. The number of hydrogen-bond acceptors (Lipinski definition) is 10. The molecule has 2 aliphatic rings. The van der Waals surface area contributed by atoms with Crippen molar-refractivity contribution in [2.45, 2.75) is 50.7 Å². The number of imidazole rings is 1. The number of aromatic nitrogens is 4. The zero-order chi connectivity index (χ0) is 29.4. The fourth-order valence-electron chi connectivity index (χ4n) is 5.25. The lowest BCUT2D eigenvalue weighted by Crippen LogP contribution is -2.44.